The van der Waals surface area contributed by atoms with Gasteiger partial charge in [-0.05, 0) is 19.3 Å². The number of carbonyl (C=O) groups excluding carboxylic acids is 3. The van der Waals surface area contributed by atoms with Crippen LogP contribution >= 0.6 is 0 Å². The molecule has 5 nitrogen and oxygen atoms in total. The van der Waals surface area contributed by atoms with Crippen molar-refractivity contribution in [3.05, 3.63) is 0 Å². The van der Waals surface area contributed by atoms with Crippen LogP contribution in [0.2, 0.25) is 0 Å². The van der Waals surface area contributed by atoms with Crippen LogP contribution in [0.4, 0.5) is 13.2 Å². The molecular weight excluding hydrogens is 293 g/mol. The van der Waals surface area contributed by atoms with Gasteiger partial charge in [-0.3, -0.25) is 14.4 Å². The van der Waals surface area contributed by atoms with Crippen molar-refractivity contribution in [2.75, 3.05) is 0 Å². The zero-order valence-electron chi connectivity index (χ0n) is 11.4. The standard InChI is InChI=1S/C13H13F3O5/c1-10(2)20-8(18)6(9(19)21-10)7(17)11-3-12(4-11,5-11)13(14,15)16/h6H,3-5H2,1-2H3. The Kier molecular flexibility index (Phi) is 2.45. The maximum Gasteiger partial charge on any atom is 0.394 e. The molecule has 116 valence electrons. The van der Waals surface area contributed by atoms with Crippen LogP contribution in [-0.4, -0.2) is 29.7 Å². The summed E-state index contributed by atoms with van der Waals surface area (Å²) in [7, 11) is 0. The quantitative estimate of drug-likeness (QED) is 0.574. The molecule has 0 radical (unpaired) electrons. The van der Waals surface area contributed by atoms with E-state index in [-0.39, 0.29) is 19.3 Å². The number of hydrogen-bond donors (Lipinski definition) is 0. The molecule has 0 spiro atoms. The van der Waals surface area contributed by atoms with Crippen LogP contribution in [0.15, 0.2) is 0 Å². The number of hydrogen-bond acceptors (Lipinski definition) is 5. The fourth-order valence-electron chi connectivity index (χ4n) is 3.59. The Hall–Kier alpha value is -1.60. The SMILES string of the molecule is CC1(C)OC(=O)C(C(=O)C23CC(C(F)(F)F)(C2)C3)C(=O)O1. The van der Waals surface area contributed by atoms with Gasteiger partial charge >= 0.3 is 18.1 Å². The highest BCUT2D eigenvalue weighted by Gasteiger charge is 2.81. The molecule has 2 bridgehead atoms. The highest BCUT2D eigenvalue weighted by atomic mass is 19.4. The predicted octanol–water partition coefficient (Wildman–Crippen LogP) is 1.74. The number of Topliss-reactive ketones (excluding diaryl/α,β-unsaturated/α-hetero) is 1. The van der Waals surface area contributed by atoms with Crippen molar-refractivity contribution in [3.63, 3.8) is 0 Å². The van der Waals surface area contributed by atoms with Crippen molar-refractivity contribution in [2.24, 2.45) is 16.7 Å². The summed E-state index contributed by atoms with van der Waals surface area (Å²) in [5, 5.41) is 0. The van der Waals surface area contributed by atoms with Crippen molar-refractivity contribution in [3.8, 4) is 0 Å². The molecular formula is C13H13F3O5. The van der Waals surface area contributed by atoms with Crippen LogP contribution in [0.25, 0.3) is 0 Å². The summed E-state index contributed by atoms with van der Waals surface area (Å²) in [6.07, 6.45) is -5.43. The van der Waals surface area contributed by atoms with Crippen molar-refractivity contribution in [1.29, 1.82) is 0 Å². The second kappa shape index (κ2) is 3.59. The second-order valence-electron chi connectivity index (χ2n) is 6.63. The Bertz CT molecular complexity index is 523. The van der Waals surface area contributed by atoms with E-state index in [1.165, 1.54) is 13.8 Å². The molecule has 0 aromatic carbocycles. The first-order valence-corrected chi connectivity index (χ1v) is 6.48. The van der Waals surface area contributed by atoms with Gasteiger partial charge in [0.25, 0.3) is 5.79 Å². The molecule has 0 aromatic heterocycles. The number of alkyl halides is 3. The van der Waals surface area contributed by atoms with Crippen molar-refractivity contribution in [1.82, 2.24) is 0 Å². The van der Waals surface area contributed by atoms with E-state index in [9.17, 15) is 27.6 Å². The minimum atomic E-state index is -4.36. The zero-order valence-corrected chi connectivity index (χ0v) is 11.4. The Labute approximate surface area is 117 Å². The summed E-state index contributed by atoms with van der Waals surface area (Å²) in [5.41, 5.74) is -3.04. The molecule has 0 unspecified atom stereocenters. The van der Waals surface area contributed by atoms with E-state index in [4.69, 9.17) is 9.47 Å². The van der Waals surface area contributed by atoms with Gasteiger partial charge in [0.1, 0.15) is 0 Å². The van der Waals surface area contributed by atoms with Crippen molar-refractivity contribution < 1.29 is 37.0 Å². The van der Waals surface area contributed by atoms with Gasteiger partial charge in [0, 0.05) is 19.3 Å². The Balaban J connectivity index is 1.75. The van der Waals surface area contributed by atoms with Gasteiger partial charge in [-0.2, -0.15) is 13.2 Å². The van der Waals surface area contributed by atoms with Gasteiger partial charge in [-0.25, -0.2) is 0 Å². The fraction of sp³-hybridized carbons (Fsp3) is 0.769. The lowest BCUT2D eigenvalue weighted by atomic mass is 9.33. The van der Waals surface area contributed by atoms with Crippen LogP contribution < -0.4 is 0 Å². The first kappa shape index (κ1) is 14.3. The summed E-state index contributed by atoms with van der Waals surface area (Å²) in [5.74, 6) is -6.12. The maximum atomic E-state index is 12.8. The van der Waals surface area contributed by atoms with E-state index in [0.717, 1.165) is 0 Å². The summed E-state index contributed by atoms with van der Waals surface area (Å²) in [6.45, 7) is 2.67. The molecule has 4 aliphatic rings. The molecule has 0 amide bonds. The number of ether oxygens (including phenoxy) is 2. The Morgan fingerprint density at radius 3 is 1.90 bits per heavy atom. The first-order chi connectivity index (χ1) is 9.42. The van der Waals surface area contributed by atoms with Gasteiger partial charge in [0.2, 0.25) is 5.92 Å². The van der Waals surface area contributed by atoms with E-state index in [2.05, 4.69) is 0 Å². The second-order valence-corrected chi connectivity index (χ2v) is 6.63. The van der Waals surface area contributed by atoms with E-state index in [1.54, 1.807) is 0 Å². The average Bonchev–Trinajstić information content (AvgIpc) is 2.05. The molecule has 1 saturated heterocycles. The van der Waals surface area contributed by atoms with Gasteiger partial charge in [0.05, 0.1) is 5.41 Å². The van der Waals surface area contributed by atoms with Crippen LogP contribution in [-0.2, 0) is 23.9 Å². The number of ketones is 1. The fourth-order valence-corrected chi connectivity index (χ4v) is 3.59. The maximum absolute atomic E-state index is 12.8. The minimum Gasteiger partial charge on any atom is -0.422 e. The Morgan fingerprint density at radius 2 is 1.52 bits per heavy atom. The first-order valence-electron chi connectivity index (χ1n) is 6.48. The largest absolute Gasteiger partial charge is 0.422 e. The zero-order chi connectivity index (χ0) is 15.8. The smallest absolute Gasteiger partial charge is 0.394 e. The van der Waals surface area contributed by atoms with E-state index in [0.29, 0.717) is 0 Å². The molecule has 1 heterocycles. The molecule has 0 atom stereocenters. The molecule has 4 rings (SSSR count). The van der Waals surface area contributed by atoms with Crippen molar-refractivity contribution in [2.45, 2.75) is 45.1 Å². The number of rotatable bonds is 2. The van der Waals surface area contributed by atoms with Crippen LogP contribution in [0.3, 0.4) is 0 Å². The van der Waals surface area contributed by atoms with Crippen LogP contribution in [0, 0.1) is 16.7 Å². The molecule has 3 aliphatic carbocycles. The summed E-state index contributed by atoms with van der Waals surface area (Å²) >= 11 is 0. The molecule has 1 aliphatic heterocycles. The predicted molar refractivity (Wildman–Crippen MR) is 59.5 cm³/mol. The third-order valence-corrected chi connectivity index (χ3v) is 4.58. The average molecular weight is 306 g/mol. The highest BCUT2D eigenvalue weighted by molar-refractivity contribution is 6.18. The topological polar surface area (TPSA) is 69.7 Å². The van der Waals surface area contributed by atoms with E-state index in [1.807, 2.05) is 0 Å². The number of halogens is 3. The van der Waals surface area contributed by atoms with Gasteiger partial charge in [-0.1, -0.05) is 0 Å². The van der Waals surface area contributed by atoms with Crippen LogP contribution in [0.1, 0.15) is 33.1 Å². The summed E-state index contributed by atoms with van der Waals surface area (Å²) in [4.78, 5) is 35.8. The number of carbonyl (C=O) groups is 3. The number of esters is 2. The van der Waals surface area contributed by atoms with Crippen LogP contribution in [0.5, 0.6) is 0 Å². The lowest BCUT2D eigenvalue weighted by molar-refractivity contribution is -0.351. The van der Waals surface area contributed by atoms with Gasteiger partial charge in [-0.15, -0.1) is 0 Å². The minimum absolute atomic E-state index is 0.358. The van der Waals surface area contributed by atoms with Gasteiger partial charge in [0.15, 0.2) is 5.78 Å². The molecule has 3 saturated carbocycles. The molecule has 21 heavy (non-hydrogen) atoms. The molecule has 0 N–H and O–H groups in total. The monoisotopic (exact) mass is 306 g/mol. The third kappa shape index (κ3) is 1.74. The summed E-state index contributed by atoms with van der Waals surface area (Å²) in [6, 6.07) is 0. The van der Waals surface area contributed by atoms with E-state index < -0.39 is 46.4 Å². The molecule has 8 heteroatoms. The van der Waals surface area contributed by atoms with Gasteiger partial charge < -0.3 is 9.47 Å². The summed E-state index contributed by atoms with van der Waals surface area (Å²) < 4.78 is 47.9. The Morgan fingerprint density at radius 1 is 1.10 bits per heavy atom. The number of cyclic esters (lactones) is 2. The van der Waals surface area contributed by atoms with E-state index >= 15 is 0 Å². The highest BCUT2D eigenvalue weighted by Crippen LogP contribution is 2.79. The molecule has 4 fully saturated rings. The lowest BCUT2D eigenvalue weighted by Crippen LogP contribution is -2.72. The normalized spacial score (nSPS) is 38.0. The van der Waals surface area contributed by atoms with Crippen molar-refractivity contribution >= 4 is 17.7 Å². The third-order valence-electron chi connectivity index (χ3n) is 4.58. The lowest BCUT2D eigenvalue weighted by Gasteiger charge is -2.69. The molecule has 0 aromatic rings.